The molecule has 6 nitrogen and oxygen atoms in total. The SMILES string of the molecule is CCNC(=NCC(C(=O)N1CCOCC1)c1ccccc1)NCC.I. The molecule has 1 aliphatic heterocycles. The summed E-state index contributed by atoms with van der Waals surface area (Å²) >= 11 is 0. The summed E-state index contributed by atoms with van der Waals surface area (Å²) in [4.78, 5) is 19.5. The van der Waals surface area contributed by atoms with E-state index >= 15 is 0 Å². The molecule has 0 aromatic heterocycles. The van der Waals surface area contributed by atoms with Gasteiger partial charge in [-0.3, -0.25) is 9.79 Å². The highest BCUT2D eigenvalue weighted by Crippen LogP contribution is 2.20. The summed E-state index contributed by atoms with van der Waals surface area (Å²) in [7, 11) is 0. The third-order valence-electron chi connectivity index (χ3n) is 3.94. The lowest BCUT2D eigenvalue weighted by Gasteiger charge is -2.30. The zero-order chi connectivity index (χ0) is 17.2. The largest absolute Gasteiger partial charge is 0.378 e. The van der Waals surface area contributed by atoms with Crippen LogP contribution in [0, 0.1) is 0 Å². The van der Waals surface area contributed by atoms with Crippen LogP contribution in [-0.4, -0.2) is 62.7 Å². The second kappa shape index (κ2) is 12.1. The predicted molar refractivity (Wildman–Crippen MR) is 112 cm³/mol. The highest BCUT2D eigenvalue weighted by Gasteiger charge is 2.27. The van der Waals surface area contributed by atoms with Crippen LogP contribution < -0.4 is 10.6 Å². The molecule has 0 bridgehead atoms. The van der Waals surface area contributed by atoms with E-state index in [0.717, 1.165) is 24.6 Å². The second-order valence-electron chi connectivity index (χ2n) is 5.65. The van der Waals surface area contributed by atoms with E-state index in [1.165, 1.54) is 0 Å². The maximum atomic E-state index is 13.0. The Kier molecular flexibility index (Phi) is 10.5. The molecule has 1 heterocycles. The number of nitrogens with one attached hydrogen (secondary N) is 2. The van der Waals surface area contributed by atoms with Crippen molar-refractivity contribution in [1.29, 1.82) is 0 Å². The summed E-state index contributed by atoms with van der Waals surface area (Å²) in [6.45, 7) is 8.58. The Morgan fingerprint density at radius 3 is 2.32 bits per heavy atom. The van der Waals surface area contributed by atoms with Crippen LogP contribution in [0.2, 0.25) is 0 Å². The van der Waals surface area contributed by atoms with Gasteiger partial charge in [0.25, 0.3) is 0 Å². The van der Waals surface area contributed by atoms with Gasteiger partial charge in [-0.2, -0.15) is 0 Å². The van der Waals surface area contributed by atoms with E-state index < -0.39 is 0 Å². The highest BCUT2D eigenvalue weighted by molar-refractivity contribution is 14.0. The number of carbonyl (C=O) groups excluding carboxylic acids is 1. The highest BCUT2D eigenvalue weighted by atomic mass is 127. The molecule has 1 atom stereocenters. The third kappa shape index (κ3) is 6.81. The van der Waals surface area contributed by atoms with Crippen LogP contribution in [0.4, 0.5) is 0 Å². The van der Waals surface area contributed by atoms with Gasteiger partial charge in [-0.05, 0) is 19.4 Å². The number of morpholine rings is 1. The molecule has 1 aromatic rings. The van der Waals surface area contributed by atoms with E-state index in [0.29, 0.717) is 32.8 Å². The van der Waals surface area contributed by atoms with Crippen LogP contribution in [-0.2, 0) is 9.53 Å². The summed E-state index contributed by atoms with van der Waals surface area (Å²) in [5.41, 5.74) is 1.00. The number of amides is 1. The summed E-state index contributed by atoms with van der Waals surface area (Å²) in [6.07, 6.45) is 0. The Bertz CT molecular complexity index is 525. The number of hydrogen-bond donors (Lipinski definition) is 2. The predicted octanol–water partition coefficient (Wildman–Crippen LogP) is 1.82. The van der Waals surface area contributed by atoms with Crippen LogP contribution >= 0.6 is 24.0 Å². The smallest absolute Gasteiger partial charge is 0.232 e. The first-order valence-corrected chi connectivity index (χ1v) is 8.69. The molecular weight excluding hydrogens is 431 g/mol. The minimum Gasteiger partial charge on any atom is -0.378 e. The van der Waals surface area contributed by atoms with Gasteiger partial charge in [-0.15, -0.1) is 24.0 Å². The van der Waals surface area contributed by atoms with E-state index in [1.54, 1.807) is 0 Å². The van der Waals surface area contributed by atoms with E-state index in [1.807, 2.05) is 49.1 Å². The van der Waals surface area contributed by atoms with Gasteiger partial charge in [0.15, 0.2) is 5.96 Å². The maximum absolute atomic E-state index is 13.0. The summed E-state index contributed by atoms with van der Waals surface area (Å²) in [5, 5.41) is 6.41. The van der Waals surface area contributed by atoms with Crippen molar-refractivity contribution in [2.75, 3.05) is 45.9 Å². The standard InChI is InChI=1S/C18H28N4O2.HI/c1-3-19-18(20-4-2)21-14-16(15-8-6-5-7-9-15)17(23)22-10-12-24-13-11-22;/h5-9,16H,3-4,10-14H2,1-2H3,(H2,19,20,21);1H. The molecule has 0 saturated carbocycles. The molecule has 0 spiro atoms. The van der Waals surface area contributed by atoms with Gasteiger partial charge >= 0.3 is 0 Å². The molecule has 0 radical (unpaired) electrons. The molecule has 1 aromatic carbocycles. The first-order valence-electron chi connectivity index (χ1n) is 8.69. The molecule has 0 aliphatic carbocycles. The number of hydrogen-bond acceptors (Lipinski definition) is 3. The maximum Gasteiger partial charge on any atom is 0.232 e. The van der Waals surface area contributed by atoms with Crippen molar-refractivity contribution in [2.45, 2.75) is 19.8 Å². The van der Waals surface area contributed by atoms with Crippen LogP contribution in [0.5, 0.6) is 0 Å². The average molecular weight is 460 g/mol. The topological polar surface area (TPSA) is 66.0 Å². The van der Waals surface area contributed by atoms with Gasteiger partial charge in [0.05, 0.1) is 25.7 Å². The van der Waals surface area contributed by atoms with Gasteiger partial charge in [-0.25, -0.2) is 0 Å². The van der Waals surface area contributed by atoms with Crippen molar-refractivity contribution >= 4 is 35.8 Å². The van der Waals surface area contributed by atoms with Crippen LogP contribution in [0.1, 0.15) is 25.3 Å². The minimum absolute atomic E-state index is 0. The number of aliphatic imine (C=N–C) groups is 1. The van der Waals surface area contributed by atoms with Gasteiger partial charge in [0.1, 0.15) is 0 Å². The molecule has 1 aliphatic rings. The normalized spacial score (nSPS) is 14.9. The Morgan fingerprint density at radius 2 is 1.76 bits per heavy atom. The molecule has 1 fully saturated rings. The fraction of sp³-hybridized carbons (Fsp3) is 0.556. The molecule has 1 saturated heterocycles. The van der Waals surface area contributed by atoms with Crippen molar-refractivity contribution in [3.05, 3.63) is 35.9 Å². The molecule has 2 rings (SSSR count). The number of halogens is 1. The number of nitrogens with zero attached hydrogens (tertiary/aromatic N) is 2. The molecule has 25 heavy (non-hydrogen) atoms. The minimum atomic E-state index is -0.267. The molecule has 1 unspecified atom stereocenters. The summed E-state index contributed by atoms with van der Waals surface area (Å²) in [6, 6.07) is 9.89. The quantitative estimate of drug-likeness (QED) is 0.386. The lowest BCUT2D eigenvalue weighted by molar-refractivity contribution is -0.136. The van der Waals surface area contributed by atoms with Crippen LogP contribution in [0.25, 0.3) is 0 Å². The average Bonchev–Trinajstić information content (AvgIpc) is 2.63. The lowest BCUT2D eigenvalue weighted by Crippen LogP contribution is -2.44. The van der Waals surface area contributed by atoms with Crippen molar-refractivity contribution in [2.24, 2.45) is 4.99 Å². The van der Waals surface area contributed by atoms with Gasteiger partial charge in [0, 0.05) is 26.2 Å². The molecule has 140 valence electrons. The Morgan fingerprint density at radius 1 is 1.16 bits per heavy atom. The van der Waals surface area contributed by atoms with Crippen molar-refractivity contribution < 1.29 is 9.53 Å². The number of benzene rings is 1. The fourth-order valence-corrected chi connectivity index (χ4v) is 2.71. The van der Waals surface area contributed by atoms with Gasteiger partial charge in [-0.1, -0.05) is 30.3 Å². The van der Waals surface area contributed by atoms with Gasteiger partial charge in [0.2, 0.25) is 5.91 Å². The van der Waals surface area contributed by atoms with E-state index in [4.69, 9.17) is 4.74 Å². The fourth-order valence-electron chi connectivity index (χ4n) is 2.71. The molecule has 7 heteroatoms. The summed E-state index contributed by atoms with van der Waals surface area (Å²) in [5.74, 6) is 0.605. The zero-order valence-electron chi connectivity index (χ0n) is 15.0. The monoisotopic (exact) mass is 460 g/mol. The van der Waals surface area contributed by atoms with Crippen molar-refractivity contribution in [3.8, 4) is 0 Å². The van der Waals surface area contributed by atoms with Crippen molar-refractivity contribution in [1.82, 2.24) is 15.5 Å². The number of rotatable bonds is 6. The Hall–Kier alpha value is -1.35. The third-order valence-corrected chi connectivity index (χ3v) is 3.94. The van der Waals surface area contributed by atoms with Crippen LogP contribution in [0.15, 0.2) is 35.3 Å². The zero-order valence-corrected chi connectivity index (χ0v) is 17.4. The molecule has 2 N–H and O–H groups in total. The van der Waals surface area contributed by atoms with E-state index in [-0.39, 0.29) is 35.8 Å². The summed E-state index contributed by atoms with van der Waals surface area (Å²) < 4.78 is 5.36. The van der Waals surface area contributed by atoms with E-state index in [9.17, 15) is 4.79 Å². The second-order valence-corrected chi connectivity index (χ2v) is 5.65. The number of ether oxygens (including phenoxy) is 1. The first kappa shape index (κ1) is 21.7. The lowest BCUT2D eigenvalue weighted by atomic mass is 9.97. The first-order chi connectivity index (χ1) is 11.8. The Balaban J connectivity index is 0.00000312. The van der Waals surface area contributed by atoms with E-state index in [2.05, 4.69) is 15.6 Å². The number of guanidine groups is 1. The van der Waals surface area contributed by atoms with Crippen molar-refractivity contribution in [3.63, 3.8) is 0 Å². The molecular formula is C18H29IN4O2. The van der Waals surface area contributed by atoms with Crippen LogP contribution in [0.3, 0.4) is 0 Å². The number of carbonyl (C=O) groups is 1. The Labute approximate surface area is 167 Å². The van der Waals surface area contributed by atoms with Gasteiger partial charge < -0.3 is 20.3 Å². The molecule has 1 amide bonds.